The predicted octanol–water partition coefficient (Wildman–Crippen LogP) is 5.40. The van der Waals surface area contributed by atoms with Gasteiger partial charge >= 0.3 is 0 Å². The molecule has 27 heavy (non-hydrogen) atoms. The minimum absolute atomic E-state index is 0.275. The van der Waals surface area contributed by atoms with Gasteiger partial charge in [0.1, 0.15) is 12.0 Å². The molecule has 1 aromatic heterocycles. The van der Waals surface area contributed by atoms with E-state index in [9.17, 15) is 0 Å². The number of methoxy groups -OCH3 is 1. The van der Waals surface area contributed by atoms with Crippen LogP contribution in [0, 0.1) is 5.92 Å². The Kier molecular flexibility index (Phi) is 6.30. The molecule has 0 aliphatic carbocycles. The van der Waals surface area contributed by atoms with Crippen LogP contribution in [0.2, 0.25) is 0 Å². The van der Waals surface area contributed by atoms with E-state index in [1.54, 1.807) is 13.4 Å². The summed E-state index contributed by atoms with van der Waals surface area (Å²) in [4.78, 5) is 4.62. The predicted molar refractivity (Wildman–Crippen MR) is 109 cm³/mol. The topological polar surface area (TPSA) is 47.3 Å². The normalized spacial score (nSPS) is 12.3. The van der Waals surface area contributed by atoms with E-state index in [4.69, 9.17) is 9.15 Å². The van der Waals surface area contributed by atoms with Crippen LogP contribution in [0.1, 0.15) is 43.6 Å². The van der Waals surface area contributed by atoms with Crippen LogP contribution >= 0.6 is 0 Å². The van der Waals surface area contributed by atoms with Gasteiger partial charge in [-0.2, -0.15) is 0 Å². The maximum atomic E-state index is 5.66. The lowest BCUT2D eigenvalue weighted by Crippen LogP contribution is -2.25. The SMILES string of the molecule is CCc1ccc([C@@H](NCc2coc(-c3ccc(OC)cc3)n2)C(C)C)cc1. The summed E-state index contributed by atoms with van der Waals surface area (Å²) in [7, 11) is 1.66. The quantitative estimate of drug-likeness (QED) is 0.581. The molecule has 4 nitrogen and oxygen atoms in total. The first-order valence-electron chi connectivity index (χ1n) is 9.51. The number of hydrogen-bond donors (Lipinski definition) is 1. The molecule has 0 aliphatic heterocycles. The van der Waals surface area contributed by atoms with Gasteiger partial charge in [0.25, 0.3) is 0 Å². The van der Waals surface area contributed by atoms with Crippen molar-refractivity contribution in [2.24, 2.45) is 5.92 Å². The molecule has 0 spiro atoms. The van der Waals surface area contributed by atoms with Crippen molar-refractivity contribution >= 4 is 0 Å². The summed E-state index contributed by atoms with van der Waals surface area (Å²) in [5, 5.41) is 3.63. The van der Waals surface area contributed by atoms with E-state index in [0.717, 1.165) is 23.4 Å². The highest BCUT2D eigenvalue weighted by atomic mass is 16.5. The van der Waals surface area contributed by atoms with Gasteiger partial charge in [0, 0.05) is 18.2 Å². The zero-order chi connectivity index (χ0) is 19.2. The van der Waals surface area contributed by atoms with Crippen LogP contribution in [0.15, 0.2) is 59.2 Å². The Morgan fingerprint density at radius 1 is 1.04 bits per heavy atom. The van der Waals surface area contributed by atoms with Gasteiger partial charge in [-0.3, -0.25) is 0 Å². The molecule has 0 saturated heterocycles. The summed E-state index contributed by atoms with van der Waals surface area (Å²) in [6, 6.07) is 16.9. The largest absolute Gasteiger partial charge is 0.497 e. The van der Waals surface area contributed by atoms with Gasteiger partial charge in [0.05, 0.1) is 12.8 Å². The zero-order valence-corrected chi connectivity index (χ0v) is 16.5. The molecular weight excluding hydrogens is 336 g/mol. The van der Waals surface area contributed by atoms with Crippen molar-refractivity contribution in [3.8, 4) is 17.2 Å². The van der Waals surface area contributed by atoms with E-state index in [-0.39, 0.29) is 6.04 Å². The molecular formula is C23H28N2O2. The molecule has 0 amide bonds. The molecule has 0 saturated carbocycles. The highest BCUT2D eigenvalue weighted by Gasteiger charge is 2.16. The molecule has 3 aromatic rings. The minimum atomic E-state index is 0.275. The van der Waals surface area contributed by atoms with E-state index >= 15 is 0 Å². The monoisotopic (exact) mass is 364 g/mol. The molecule has 1 heterocycles. The van der Waals surface area contributed by atoms with Crippen LogP contribution in [0.5, 0.6) is 5.75 Å². The van der Waals surface area contributed by atoms with E-state index in [0.29, 0.717) is 18.4 Å². The van der Waals surface area contributed by atoms with Crippen LogP contribution in [0.4, 0.5) is 0 Å². The Balaban J connectivity index is 1.67. The van der Waals surface area contributed by atoms with Crippen molar-refractivity contribution in [2.45, 2.75) is 39.8 Å². The van der Waals surface area contributed by atoms with Crippen LogP contribution in [-0.2, 0) is 13.0 Å². The molecule has 0 aliphatic rings. The fourth-order valence-corrected chi connectivity index (χ4v) is 3.17. The van der Waals surface area contributed by atoms with Crippen LogP contribution in [0.3, 0.4) is 0 Å². The molecule has 0 bridgehead atoms. The average molecular weight is 364 g/mol. The summed E-state index contributed by atoms with van der Waals surface area (Å²) in [5.74, 6) is 1.93. The number of aromatic nitrogens is 1. The van der Waals surface area contributed by atoms with Crippen molar-refractivity contribution in [2.75, 3.05) is 7.11 Å². The number of rotatable bonds is 8. The number of nitrogens with one attached hydrogen (secondary N) is 1. The second-order valence-corrected chi connectivity index (χ2v) is 7.07. The van der Waals surface area contributed by atoms with E-state index in [2.05, 4.69) is 55.3 Å². The van der Waals surface area contributed by atoms with Crippen LogP contribution in [0.25, 0.3) is 11.5 Å². The lowest BCUT2D eigenvalue weighted by molar-refractivity contribution is 0.408. The molecule has 0 fully saturated rings. The molecule has 0 radical (unpaired) electrons. The second-order valence-electron chi connectivity index (χ2n) is 7.07. The summed E-state index contributed by atoms with van der Waals surface area (Å²) >= 11 is 0. The highest BCUT2D eigenvalue weighted by Crippen LogP contribution is 2.24. The van der Waals surface area contributed by atoms with Crippen molar-refractivity contribution in [1.82, 2.24) is 10.3 Å². The molecule has 3 rings (SSSR count). The first-order valence-corrected chi connectivity index (χ1v) is 9.51. The minimum Gasteiger partial charge on any atom is -0.497 e. The summed E-state index contributed by atoms with van der Waals surface area (Å²) < 4.78 is 10.9. The Morgan fingerprint density at radius 3 is 2.33 bits per heavy atom. The number of benzene rings is 2. The Bertz CT molecular complexity index is 836. The number of hydrogen-bond acceptors (Lipinski definition) is 4. The van der Waals surface area contributed by atoms with Gasteiger partial charge in [0.15, 0.2) is 0 Å². The van der Waals surface area contributed by atoms with Gasteiger partial charge in [-0.1, -0.05) is 45.0 Å². The van der Waals surface area contributed by atoms with E-state index < -0.39 is 0 Å². The Labute approximate surface area is 161 Å². The second kappa shape index (κ2) is 8.87. The summed E-state index contributed by atoms with van der Waals surface area (Å²) in [6.45, 7) is 7.31. The molecule has 2 aromatic carbocycles. The maximum absolute atomic E-state index is 5.66. The zero-order valence-electron chi connectivity index (χ0n) is 16.5. The van der Waals surface area contributed by atoms with Gasteiger partial charge in [-0.05, 0) is 47.7 Å². The lowest BCUT2D eigenvalue weighted by Gasteiger charge is -2.22. The highest BCUT2D eigenvalue weighted by molar-refractivity contribution is 5.54. The molecule has 142 valence electrons. The van der Waals surface area contributed by atoms with Crippen molar-refractivity contribution in [3.63, 3.8) is 0 Å². The fraction of sp³-hybridized carbons (Fsp3) is 0.348. The Morgan fingerprint density at radius 2 is 1.74 bits per heavy atom. The third kappa shape index (κ3) is 4.77. The number of nitrogens with zero attached hydrogens (tertiary/aromatic N) is 1. The maximum Gasteiger partial charge on any atom is 0.226 e. The van der Waals surface area contributed by atoms with Crippen molar-refractivity contribution in [3.05, 3.63) is 71.6 Å². The first-order chi connectivity index (χ1) is 13.1. The van der Waals surface area contributed by atoms with Crippen LogP contribution in [-0.4, -0.2) is 12.1 Å². The van der Waals surface area contributed by atoms with Crippen molar-refractivity contribution < 1.29 is 9.15 Å². The molecule has 4 heteroatoms. The molecule has 1 N–H and O–H groups in total. The number of aryl methyl sites for hydroxylation is 1. The third-order valence-electron chi connectivity index (χ3n) is 4.81. The summed E-state index contributed by atoms with van der Waals surface area (Å²) in [5.41, 5.74) is 4.51. The smallest absolute Gasteiger partial charge is 0.226 e. The van der Waals surface area contributed by atoms with Gasteiger partial charge in [-0.15, -0.1) is 0 Å². The standard InChI is InChI=1S/C23H28N2O2/c1-5-17-6-8-18(9-7-17)22(16(2)3)24-14-20-15-27-23(25-20)19-10-12-21(26-4)13-11-19/h6-13,15-16,22,24H,5,14H2,1-4H3/t22-/m0/s1. The van der Waals surface area contributed by atoms with E-state index in [1.807, 2.05) is 24.3 Å². The molecule has 0 unspecified atom stereocenters. The summed E-state index contributed by atoms with van der Waals surface area (Å²) in [6.07, 6.45) is 2.79. The Hall–Kier alpha value is -2.59. The molecule has 1 atom stereocenters. The lowest BCUT2D eigenvalue weighted by atomic mass is 9.95. The van der Waals surface area contributed by atoms with Gasteiger partial charge < -0.3 is 14.5 Å². The third-order valence-corrected chi connectivity index (χ3v) is 4.81. The van der Waals surface area contributed by atoms with Crippen LogP contribution < -0.4 is 10.1 Å². The number of ether oxygens (including phenoxy) is 1. The van der Waals surface area contributed by atoms with E-state index in [1.165, 1.54) is 11.1 Å². The number of oxazole rings is 1. The first kappa shape index (κ1) is 19.2. The fourth-order valence-electron chi connectivity index (χ4n) is 3.17. The van der Waals surface area contributed by atoms with Gasteiger partial charge in [0.2, 0.25) is 5.89 Å². The average Bonchev–Trinajstić information content (AvgIpc) is 3.17. The van der Waals surface area contributed by atoms with Gasteiger partial charge in [-0.25, -0.2) is 4.98 Å². The van der Waals surface area contributed by atoms with Crippen molar-refractivity contribution in [1.29, 1.82) is 0 Å².